The zero-order valence-electron chi connectivity index (χ0n) is 12.6. The maximum absolute atomic E-state index is 12.5. The highest BCUT2D eigenvalue weighted by Gasteiger charge is 2.30. The van der Waals surface area contributed by atoms with Gasteiger partial charge in [-0.2, -0.15) is 0 Å². The molecule has 1 unspecified atom stereocenters. The zero-order chi connectivity index (χ0) is 15.3. The molecule has 1 aromatic carbocycles. The SMILES string of the molecule is CC(NCCCO)c1ccc(S(=O)(=O)C2CCCC2)cc1. The molecule has 1 atom stereocenters. The summed E-state index contributed by atoms with van der Waals surface area (Å²) in [6.45, 7) is 2.97. The number of sulfone groups is 1. The van der Waals surface area contributed by atoms with Gasteiger partial charge in [-0.25, -0.2) is 8.42 Å². The third kappa shape index (κ3) is 4.05. The van der Waals surface area contributed by atoms with E-state index in [0.717, 1.165) is 44.2 Å². The van der Waals surface area contributed by atoms with Crippen molar-refractivity contribution >= 4 is 9.84 Å². The average Bonchev–Trinajstić information content (AvgIpc) is 3.02. The summed E-state index contributed by atoms with van der Waals surface area (Å²) < 4.78 is 25.0. The summed E-state index contributed by atoms with van der Waals surface area (Å²) in [6.07, 6.45) is 4.35. The Morgan fingerprint density at radius 1 is 1.24 bits per heavy atom. The molecule has 21 heavy (non-hydrogen) atoms. The maximum Gasteiger partial charge on any atom is 0.181 e. The molecule has 4 nitrogen and oxygen atoms in total. The summed E-state index contributed by atoms with van der Waals surface area (Å²) in [6, 6.07) is 7.39. The summed E-state index contributed by atoms with van der Waals surface area (Å²) in [7, 11) is -3.16. The van der Waals surface area contributed by atoms with E-state index in [2.05, 4.69) is 5.32 Å². The summed E-state index contributed by atoms with van der Waals surface area (Å²) in [4.78, 5) is 0.445. The first-order chi connectivity index (χ1) is 10.1. The van der Waals surface area contributed by atoms with Crippen LogP contribution in [0.1, 0.15) is 50.6 Å². The third-order valence-electron chi connectivity index (χ3n) is 4.24. The highest BCUT2D eigenvalue weighted by Crippen LogP contribution is 2.30. The first kappa shape index (κ1) is 16.5. The fourth-order valence-corrected chi connectivity index (χ4v) is 4.71. The summed E-state index contributed by atoms with van der Waals surface area (Å²) in [5, 5.41) is 11.9. The minimum atomic E-state index is -3.16. The lowest BCUT2D eigenvalue weighted by Crippen LogP contribution is -2.21. The number of aliphatic hydroxyl groups excluding tert-OH is 1. The first-order valence-corrected chi connectivity index (χ1v) is 9.28. The monoisotopic (exact) mass is 311 g/mol. The molecule has 0 radical (unpaired) electrons. The summed E-state index contributed by atoms with van der Waals surface area (Å²) in [5.74, 6) is 0. The average molecular weight is 311 g/mol. The van der Waals surface area contributed by atoms with Crippen LogP contribution in [-0.2, 0) is 9.84 Å². The van der Waals surface area contributed by atoms with Crippen LogP contribution >= 0.6 is 0 Å². The predicted molar refractivity (Wildman–Crippen MR) is 84.0 cm³/mol. The number of hydrogen-bond acceptors (Lipinski definition) is 4. The molecule has 0 spiro atoms. The smallest absolute Gasteiger partial charge is 0.181 e. The van der Waals surface area contributed by atoms with Gasteiger partial charge in [-0.3, -0.25) is 0 Å². The summed E-state index contributed by atoms with van der Waals surface area (Å²) >= 11 is 0. The molecule has 1 aliphatic carbocycles. The highest BCUT2D eigenvalue weighted by atomic mass is 32.2. The van der Waals surface area contributed by atoms with E-state index in [1.807, 2.05) is 19.1 Å². The van der Waals surface area contributed by atoms with Crippen molar-refractivity contribution in [3.63, 3.8) is 0 Å². The van der Waals surface area contributed by atoms with E-state index in [1.54, 1.807) is 12.1 Å². The van der Waals surface area contributed by atoms with Crippen molar-refractivity contribution in [1.29, 1.82) is 0 Å². The van der Waals surface area contributed by atoms with Gasteiger partial charge in [-0.05, 0) is 50.4 Å². The van der Waals surface area contributed by atoms with Gasteiger partial charge in [0.25, 0.3) is 0 Å². The van der Waals surface area contributed by atoms with Crippen LogP contribution in [0.4, 0.5) is 0 Å². The molecule has 2 rings (SSSR count). The number of hydrogen-bond donors (Lipinski definition) is 2. The van der Waals surface area contributed by atoms with E-state index in [1.165, 1.54) is 0 Å². The Kier molecular flexibility index (Phi) is 5.79. The van der Waals surface area contributed by atoms with Crippen molar-refractivity contribution in [2.24, 2.45) is 0 Å². The Labute approximate surface area is 127 Å². The number of nitrogens with one attached hydrogen (secondary N) is 1. The van der Waals surface area contributed by atoms with Crippen molar-refractivity contribution in [3.8, 4) is 0 Å². The van der Waals surface area contributed by atoms with Gasteiger partial charge in [-0.1, -0.05) is 25.0 Å². The second-order valence-electron chi connectivity index (χ2n) is 5.77. The lowest BCUT2D eigenvalue weighted by Gasteiger charge is -2.15. The van der Waals surface area contributed by atoms with Crippen LogP contribution in [0.2, 0.25) is 0 Å². The molecule has 2 N–H and O–H groups in total. The van der Waals surface area contributed by atoms with Gasteiger partial charge >= 0.3 is 0 Å². The van der Waals surface area contributed by atoms with Crippen molar-refractivity contribution < 1.29 is 13.5 Å². The minimum Gasteiger partial charge on any atom is -0.396 e. The molecule has 1 aromatic rings. The molecule has 118 valence electrons. The predicted octanol–water partition coefficient (Wildman–Crippen LogP) is 2.44. The Morgan fingerprint density at radius 2 is 1.86 bits per heavy atom. The molecular weight excluding hydrogens is 286 g/mol. The lowest BCUT2D eigenvalue weighted by atomic mass is 10.1. The molecular formula is C16H25NO3S. The fraction of sp³-hybridized carbons (Fsp3) is 0.625. The second kappa shape index (κ2) is 7.38. The van der Waals surface area contributed by atoms with Crippen LogP contribution in [0.25, 0.3) is 0 Å². The molecule has 0 bridgehead atoms. The topological polar surface area (TPSA) is 66.4 Å². The number of aliphatic hydroxyl groups is 1. The Bertz CT molecular complexity index is 533. The van der Waals surface area contributed by atoms with E-state index >= 15 is 0 Å². The van der Waals surface area contributed by atoms with Crippen molar-refractivity contribution in [2.45, 2.75) is 55.2 Å². The Hall–Kier alpha value is -0.910. The van der Waals surface area contributed by atoms with Crippen molar-refractivity contribution in [3.05, 3.63) is 29.8 Å². The fourth-order valence-electron chi connectivity index (χ4n) is 2.85. The van der Waals surface area contributed by atoms with Crippen LogP contribution < -0.4 is 5.32 Å². The van der Waals surface area contributed by atoms with Gasteiger partial charge in [-0.15, -0.1) is 0 Å². The van der Waals surface area contributed by atoms with E-state index in [0.29, 0.717) is 4.90 Å². The van der Waals surface area contributed by atoms with Gasteiger partial charge in [0.05, 0.1) is 10.1 Å². The van der Waals surface area contributed by atoms with Crippen molar-refractivity contribution in [2.75, 3.05) is 13.2 Å². The van der Waals surface area contributed by atoms with E-state index < -0.39 is 9.84 Å². The largest absolute Gasteiger partial charge is 0.396 e. The zero-order valence-corrected chi connectivity index (χ0v) is 13.4. The minimum absolute atomic E-state index is 0.153. The standard InChI is InChI=1S/C16H25NO3S/c1-13(17-11-4-12-18)14-7-9-16(10-8-14)21(19,20)15-5-2-3-6-15/h7-10,13,15,17-18H,2-6,11-12H2,1H3. The molecule has 5 heteroatoms. The molecule has 0 saturated heterocycles. The van der Waals surface area contributed by atoms with Crippen LogP contribution in [0.3, 0.4) is 0 Å². The summed E-state index contributed by atoms with van der Waals surface area (Å²) in [5.41, 5.74) is 1.07. The second-order valence-corrected chi connectivity index (χ2v) is 8.00. The number of benzene rings is 1. The molecule has 1 saturated carbocycles. The highest BCUT2D eigenvalue weighted by molar-refractivity contribution is 7.92. The first-order valence-electron chi connectivity index (χ1n) is 7.74. The van der Waals surface area contributed by atoms with Gasteiger partial charge in [0.15, 0.2) is 9.84 Å². The van der Waals surface area contributed by atoms with Gasteiger partial charge in [0.2, 0.25) is 0 Å². The van der Waals surface area contributed by atoms with Gasteiger partial charge in [0, 0.05) is 12.6 Å². The Balaban J connectivity index is 2.04. The van der Waals surface area contributed by atoms with Crippen LogP contribution in [0.5, 0.6) is 0 Å². The van der Waals surface area contributed by atoms with Gasteiger partial charge in [0.1, 0.15) is 0 Å². The van der Waals surface area contributed by atoms with Crippen LogP contribution in [0, 0.1) is 0 Å². The molecule has 0 heterocycles. The van der Waals surface area contributed by atoms with E-state index in [9.17, 15) is 8.42 Å². The molecule has 1 fully saturated rings. The molecule has 0 amide bonds. The Morgan fingerprint density at radius 3 is 2.43 bits per heavy atom. The molecule has 1 aliphatic rings. The number of rotatable bonds is 7. The van der Waals surface area contributed by atoms with E-state index in [4.69, 9.17) is 5.11 Å². The van der Waals surface area contributed by atoms with Crippen LogP contribution in [-0.4, -0.2) is 31.9 Å². The molecule has 0 aromatic heterocycles. The lowest BCUT2D eigenvalue weighted by molar-refractivity contribution is 0.284. The van der Waals surface area contributed by atoms with E-state index in [-0.39, 0.29) is 17.9 Å². The van der Waals surface area contributed by atoms with Crippen molar-refractivity contribution in [1.82, 2.24) is 5.32 Å². The maximum atomic E-state index is 12.5. The normalized spacial score (nSPS) is 18.0. The van der Waals surface area contributed by atoms with Crippen LogP contribution in [0.15, 0.2) is 29.2 Å². The quantitative estimate of drug-likeness (QED) is 0.759. The third-order valence-corrected chi connectivity index (χ3v) is 6.51. The van der Waals surface area contributed by atoms with Gasteiger partial charge < -0.3 is 10.4 Å². The molecule has 0 aliphatic heterocycles.